The van der Waals surface area contributed by atoms with Crippen molar-refractivity contribution >= 4 is 0 Å². The summed E-state index contributed by atoms with van der Waals surface area (Å²) in [6.07, 6.45) is 1.99. The summed E-state index contributed by atoms with van der Waals surface area (Å²) in [5, 5.41) is 11.9. The van der Waals surface area contributed by atoms with Gasteiger partial charge in [0.15, 0.2) is 0 Å². The molecule has 1 aromatic carbocycles. The molecule has 4 heteroatoms. The quantitative estimate of drug-likeness (QED) is 0.721. The number of ether oxygens (including phenoxy) is 1. The number of nitrogens with one attached hydrogen (secondary N) is 1. The second kappa shape index (κ2) is 8.62. The average Bonchev–Trinajstić information content (AvgIpc) is 2.39. The zero-order chi connectivity index (χ0) is 13.2. The lowest BCUT2D eigenvalue weighted by molar-refractivity contribution is 0.132. The molecule has 0 aliphatic carbocycles. The van der Waals surface area contributed by atoms with Gasteiger partial charge in [0.25, 0.3) is 0 Å². The van der Waals surface area contributed by atoms with Gasteiger partial charge in [0, 0.05) is 19.8 Å². The summed E-state index contributed by atoms with van der Waals surface area (Å²) >= 11 is 0. The van der Waals surface area contributed by atoms with Crippen LogP contribution in [-0.2, 0) is 11.3 Å². The summed E-state index contributed by atoms with van der Waals surface area (Å²) < 4.78 is 18.4. The minimum atomic E-state index is -0.464. The molecule has 1 rings (SSSR count). The number of hydrogen-bond acceptors (Lipinski definition) is 3. The van der Waals surface area contributed by atoms with Gasteiger partial charge in [-0.2, -0.15) is 5.26 Å². The summed E-state index contributed by atoms with van der Waals surface area (Å²) in [5.74, 6) is -0.464. The van der Waals surface area contributed by atoms with Crippen molar-refractivity contribution in [1.82, 2.24) is 5.32 Å². The van der Waals surface area contributed by atoms with Crippen molar-refractivity contribution in [2.45, 2.75) is 26.3 Å². The van der Waals surface area contributed by atoms with Gasteiger partial charge in [0.2, 0.25) is 0 Å². The van der Waals surface area contributed by atoms with E-state index in [1.807, 2.05) is 6.07 Å². The first-order valence-electron chi connectivity index (χ1n) is 6.25. The zero-order valence-electron chi connectivity index (χ0n) is 10.7. The third kappa shape index (κ3) is 5.26. The zero-order valence-corrected chi connectivity index (χ0v) is 10.7. The van der Waals surface area contributed by atoms with Crippen LogP contribution in [0.25, 0.3) is 0 Å². The van der Waals surface area contributed by atoms with E-state index in [1.165, 1.54) is 6.07 Å². The molecule has 3 nitrogen and oxygen atoms in total. The predicted octanol–water partition coefficient (Wildman–Crippen LogP) is 2.60. The first-order valence-corrected chi connectivity index (χ1v) is 6.25. The third-order valence-electron chi connectivity index (χ3n) is 2.47. The maximum Gasteiger partial charge on any atom is 0.140 e. The molecule has 0 spiro atoms. The normalized spacial score (nSPS) is 10.3. The molecule has 0 radical (unpaired) electrons. The smallest absolute Gasteiger partial charge is 0.140 e. The molecule has 1 N–H and O–H groups in total. The molecule has 0 fully saturated rings. The van der Waals surface area contributed by atoms with Crippen molar-refractivity contribution in [2.75, 3.05) is 19.8 Å². The number of halogens is 1. The molecule has 1 aromatic rings. The summed E-state index contributed by atoms with van der Waals surface area (Å²) in [6, 6.07) is 6.44. The van der Waals surface area contributed by atoms with Gasteiger partial charge in [-0.05, 0) is 37.1 Å². The van der Waals surface area contributed by atoms with Crippen molar-refractivity contribution < 1.29 is 9.13 Å². The van der Waals surface area contributed by atoms with E-state index in [9.17, 15) is 4.39 Å². The molecule has 0 atom stereocenters. The molecule has 0 heterocycles. The standard InChI is InChI=1S/C14H19FN2O/c1-2-7-18-8-3-6-17-11-12-4-5-14(15)13(9-12)10-16/h4-5,9,17H,2-3,6-8,11H2,1H3. The van der Waals surface area contributed by atoms with Crippen LogP contribution in [0.3, 0.4) is 0 Å². The van der Waals surface area contributed by atoms with Crippen molar-refractivity contribution in [3.63, 3.8) is 0 Å². The van der Waals surface area contributed by atoms with E-state index in [0.29, 0.717) is 6.54 Å². The van der Waals surface area contributed by atoms with Gasteiger partial charge >= 0.3 is 0 Å². The minimum Gasteiger partial charge on any atom is -0.381 e. The van der Waals surface area contributed by atoms with Crippen LogP contribution in [0.1, 0.15) is 30.9 Å². The first kappa shape index (κ1) is 14.6. The molecule has 98 valence electrons. The van der Waals surface area contributed by atoms with Crippen LogP contribution in [0.5, 0.6) is 0 Å². The van der Waals surface area contributed by atoms with Gasteiger partial charge in [-0.1, -0.05) is 13.0 Å². The molecule has 0 saturated carbocycles. The second-order valence-electron chi connectivity index (χ2n) is 4.07. The Balaban J connectivity index is 2.22. The number of nitriles is 1. The fourth-order valence-electron chi connectivity index (χ4n) is 1.55. The summed E-state index contributed by atoms with van der Waals surface area (Å²) in [7, 11) is 0. The lowest BCUT2D eigenvalue weighted by atomic mass is 10.1. The van der Waals surface area contributed by atoms with Crippen LogP contribution >= 0.6 is 0 Å². The second-order valence-corrected chi connectivity index (χ2v) is 4.07. The summed E-state index contributed by atoms with van der Waals surface area (Å²) in [4.78, 5) is 0. The van der Waals surface area contributed by atoms with Crippen LogP contribution < -0.4 is 5.32 Å². The van der Waals surface area contributed by atoms with Crippen molar-refractivity contribution in [1.29, 1.82) is 5.26 Å². The van der Waals surface area contributed by atoms with E-state index in [2.05, 4.69) is 12.2 Å². The molecule has 0 amide bonds. The number of nitrogens with zero attached hydrogens (tertiary/aromatic N) is 1. The Labute approximate surface area is 108 Å². The van der Waals surface area contributed by atoms with Gasteiger partial charge in [0.05, 0.1) is 5.56 Å². The van der Waals surface area contributed by atoms with Crippen LogP contribution in [0.2, 0.25) is 0 Å². The monoisotopic (exact) mass is 250 g/mol. The fourth-order valence-corrected chi connectivity index (χ4v) is 1.55. The Morgan fingerprint density at radius 3 is 2.94 bits per heavy atom. The lowest BCUT2D eigenvalue weighted by Gasteiger charge is -2.06. The Morgan fingerprint density at radius 1 is 1.39 bits per heavy atom. The highest BCUT2D eigenvalue weighted by Gasteiger charge is 2.02. The van der Waals surface area contributed by atoms with Crippen LogP contribution in [0.4, 0.5) is 4.39 Å². The predicted molar refractivity (Wildman–Crippen MR) is 68.5 cm³/mol. The van der Waals surface area contributed by atoms with Gasteiger partial charge in [0.1, 0.15) is 11.9 Å². The Kier molecular flexibility index (Phi) is 7.00. The molecular weight excluding hydrogens is 231 g/mol. The highest BCUT2D eigenvalue weighted by molar-refractivity contribution is 5.34. The highest BCUT2D eigenvalue weighted by atomic mass is 19.1. The molecule has 0 aromatic heterocycles. The summed E-state index contributed by atoms with van der Waals surface area (Å²) in [6.45, 7) is 5.14. The summed E-state index contributed by atoms with van der Waals surface area (Å²) in [5.41, 5.74) is 1.02. The number of rotatable bonds is 8. The topological polar surface area (TPSA) is 45.0 Å². The molecular formula is C14H19FN2O. The Bertz CT molecular complexity index is 401. The average molecular weight is 250 g/mol. The molecule has 0 bridgehead atoms. The van der Waals surface area contributed by atoms with Crippen LogP contribution in [0, 0.1) is 17.1 Å². The van der Waals surface area contributed by atoms with E-state index in [1.54, 1.807) is 12.1 Å². The van der Waals surface area contributed by atoms with Crippen molar-refractivity contribution in [3.8, 4) is 6.07 Å². The Morgan fingerprint density at radius 2 is 2.22 bits per heavy atom. The van der Waals surface area contributed by atoms with Gasteiger partial charge in [-0.25, -0.2) is 4.39 Å². The van der Waals surface area contributed by atoms with Crippen molar-refractivity contribution in [2.24, 2.45) is 0 Å². The molecule has 18 heavy (non-hydrogen) atoms. The number of benzene rings is 1. The van der Waals surface area contributed by atoms with Gasteiger partial charge < -0.3 is 10.1 Å². The SMILES string of the molecule is CCCOCCCNCc1ccc(F)c(C#N)c1. The fraction of sp³-hybridized carbons (Fsp3) is 0.500. The minimum absolute atomic E-state index is 0.0978. The maximum atomic E-state index is 13.1. The molecule has 0 aliphatic rings. The van der Waals surface area contributed by atoms with E-state index < -0.39 is 5.82 Å². The van der Waals surface area contributed by atoms with Crippen molar-refractivity contribution in [3.05, 3.63) is 35.1 Å². The maximum absolute atomic E-state index is 13.1. The van der Waals surface area contributed by atoms with E-state index in [0.717, 1.165) is 38.2 Å². The molecule has 0 saturated heterocycles. The van der Waals surface area contributed by atoms with Gasteiger partial charge in [-0.3, -0.25) is 0 Å². The molecule has 0 aliphatic heterocycles. The van der Waals surface area contributed by atoms with Gasteiger partial charge in [-0.15, -0.1) is 0 Å². The van der Waals surface area contributed by atoms with E-state index in [4.69, 9.17) is 10.00 Å². The van der Waals surface area contributed by atoms with Crippen LogP contribution in [-0.4, -0.2) is 19.8 Å². The third-order valence-corrected chi connectivity index (χ3v) is 2.47. The van der Waals surface area contributed by atoms with E-state index in [-0.39, 0.29) is 5.56 Å². The lowest BCUT2D eigenvalue weighted by Crippen LogP contribution is -2.16. The largest absolute Gasteiger partial charge is 0.381 e. The number of hydrogen-bond donors (Lipinski definition) is 1. The van der Waals surface area contributed by atoms with Crippen LogP contribution in [0.15, 0.2) is 18.2 Å². The molecule has 0 unspecified atom stereocenters. The Hall–Kier alpha value is -1.44. The van der Waals surface area contributed by atoms with E-state index >= 15 is 0 Å². The highest BCUT2D eigenvalue weighted by Crippen LogP contribution is 2.09. The first-order chi connectivity index (χ1) is 8.77.